The number of nitrogens with zero attached hydrogens (tertiary/aromatic N) is 2. The highest BCUT2D eigenvalue weighted by molar-refractivity contribution is 7.22. The van der Waals surface area contributed by atoms with Gasteiger partial charge in [0.1, 0.15) is 17.0 Å². The van der Waals surface area contributed by atoms with Gasteiger partial charge in [-0.25, -0.2) is 4.98 Å². The summed E-state index contributed by atoms with van der Waals surface area (Å²) in [4.78, 5) is 19.9. The summed E-state index contributed by atoms with van der Waals surface area (Å²) in [5, 5.41) is 1.06. The van der Waals surface area contributed by atoms with Crippen LogP contribution in [0.4, 0.5) is 5.13 Å². The van der Waals surface area contributed by atoms with Crippen LogP contribution in [0, 0.1) is 0 Å². The van der Waals surface area contributed by atoms with E-state index in [0.29, 0.717) is 40.4 Å². The first-order valence-corrected chi connectivity index (χ1v) is 10.5. The predicted octanol–water partition coefficient (Wildman–Crippen LogP) is 4.79. The number of carbonyl (C=O) groups excluding carboxylic acids is 1. The largest absolute Gasteiger partial charge is 0.496 e. The lowest BCUT2D eigenvalue weighted by Crippen LogP contribution is -2.37. The summed E-state index contributed by atoms with van der Waals surface area (Å²) >= 11 is 7.61. The number of aromatic nitrogens is 1. The molecule has 1 aromatic heterocycles. The van der Waals surface area contributed by atoms with E-state index < -0.39 is 0 Å². The van der Waals surface area contributed by atoms with Crippen molar-refractivity contribution in [1.82, 2.24) is 4.98 Å². The third-order valence-electron chi connectivity index (χ3n) is 4.87. The van der Waals surface area contributed by atoms with Crippen molar-refractivity contribution in [2.45, 2.75) is 18.9 Å². The van der Waals surface area contributed by atoms with Gasteiger partial charge in [-0.2, -0.15) is 0 Å². The number of methoxy groups -OCH3 is 2. The van der Waals surface area contributed by atoms with E-state index in [9.17, 15) is 4.79 Å². The number of para-hydroxylation sites is 1. The van der Waals surface area contributed by atoms with E-state index in [1.165, 1.54) is 18.4 Å². The van der Waals surface area contributed by atoms with Gasteiger partial charge in [-0.3, -0.25) is 9.69 Å². The maximum atomic E-state index is 13.6. The monoisotopic (exact) mass is 432 g/mol. The van der Waals surface area contributed by atoms with Gasteiger partial charge in [-0.15, -0.1) is 0 Å². The highest BCUT2D eigenvalue weighted by atomic mass is 35.5. The fraction of sp³-hybridized carbons (Fsp3) is 0.333. The summed E-state index contributed by atoms with van der Waals surface area (Å²) in [7, 11) is 3.15. The third-order valence-corrected chi connectivity index (χ3v) is 6.15. The fourth-order valence-electron chi connectivity index (χ4n) is 3.42. The van der Waals surface area contributed by atoms with Gasteiger partial charge in [0.25, 0.3) is 5.91 Å². The van der Waals surface area contributed by atoms with Gasteiger partial charge in [-0.05, 0) is 43.2 Å². The first-order valence-electron chi connectivity index (χ1n) is 9.31. The molecular formula is C21H21ClN2O4S. The topological polar surface area (TPSA) is 60.9 Å². The first-order chi connectivity index (χ1) is 14.1. The summed E-state index contributed by atoms with van der Waals surface area (Å²) < 4.78 is 17.6. The normalized spacial score (nSPS) is 16.2. The van der Waals surface area contributed by atoms with Crippen molar-refractivity contribution in [3.8, 4) is 11.5 Å². The van der Waals surface area contributed by atoms with Crippen molar-refractivity contribution in [1.29, 1.82) is 0 Å². The van der Waals surface area contributed by atoms with Gasteiger partial charge in [0, 0.05) is 11.6 Å². The Morgan fingerprint density at radius 1 is 1.28 bits per heavy atom. The van der Waals surface area contributed by atoms with E-state index in [0.717, 1.165) is 23.1 Å². The van der Waals surface area contributed by atoms with Gasteiger partial charge in [-0.1, -0.05) is 29.0 Å². The fourth-order valence-corrected chi connectivity index (χ4v) is 4.59. The van der Waals surface area contributed by atoms with E-state index in [4.69, 9.17) is 30.8 Å². The van der Waals surface area contributed by atoms with Crippen molar-refractivity contribution in [3.05, 3.63) is 47.0 Å². The number of rotatable bonds is 6. The summed E-state index contributed by atoms with van der Waals surface area (Å²) in [6, 6.07) is 10.8. The molecule has 1 saturated heterocycles. The predicted molar refractivity (Wildman–Crippen MR) is 115 cm³/mol. The van der Waals surface area contributed by atoms with Crippen molar-refractivity contribution in [2.24, 2.45) is 0 Å². The molecule has 2 heterocycles. The van der Waals surface area contributed by atoms with Crippen LogP contribution in [0.5, 0.6) is 11.5 Å². The number of halogens is 1. The Morgan fingerprint density at radius 3 is 2.83 bits per heavy atom. The van der Waals surface area contributed by atoms with Crippen LogP contribution in [0.1, 0.15) is 23.2 Å². The second kappa shape index (κ2) is 8.57. The average molecular weight is 433 g/mol. The number of hydrogen-bond donors (Lipinski definition) is 0. The minimum Gasteiger partial charge on any atom is -0.496 e. The van der Waals surface area contributed by atoms with Crippen LogP contribution in [-0.4, -0.2) is 44.4 Å². The molecule has 1 atom stereocenters. The van der Waals surface area contributed by atoms with Crippen LogP contribution in [0.3, 0.4) is 0 Å². The summed E-state index contributed by atoms with van der Waals surface area (Å²) in [5.74, 6) is 0.920. The van der Waals surface area contributed by atoms with Crippen LogP contribution < -0.4 is 14.4 Å². The maximum absolute atomic E-state index is 13.6. The number of fused-ring (bicyclic) bond motifs is 1. The van der Waals surface area contributed by atoms with Gasteiger partial charge in [0.05, 0.1) is 37.1 Å². The average Bonchev–Trinajstić information content (AvgIpc) is 3.40. The van der Waals surface area contributed by atoms with Gasteiger partial charge >= 0.3 is 0 Å². The Morgan fingerprint density at radius 2 is 2.10 bits per heavy atom. The van der Waals surface area contributed by atoms with Crippen molar-refractivity contribution in [2.75, 3.05) is 32.3 Å². The molecule has 1 fully saturated rings. The van der Waals surface area contributed by atoms with Crippen LogP contribution in [0.25, 0.3) is 10.2 Å². The molecule has 0 saturated carbocycles. The molecule has 6 nitrogen and oxygen atoms in total. The molecule has 0 unspecified atom stereocenters. The van der Waals surface area contributed by atoms with Crippen LogP contribution in [0.15, 0.2) is 36.4 Å². The molecule has 1 aliphatic heterocycles. The molecule has 1 aliphatic rings. The molecule has 8 heteroatoms. The van der Waals surface area contributed by atoms with Crippen molar-refractivity contribution >= 4 is 44.2 Å². The number of amides is 1. The molecule has 0 spiro atoms. The highest BCUT2D eigenvalue weighted by Gasteiger charge is 2.29. The lowest BCUT2D eigenvalue weighted by atomic mass is 10.1. The molecule has 4 rings (SSSR count). The van der Waals surface area contributed by atoms with E-state index in [-0.39, 0.29) is 12.0 Å². The van der Waals surface area contributed by atoms with E-state index in [2.05, 4.69) is 0 Å². The van der Waals surface area contributed by atoms with Gasteiger partial charge in [0.15, 0.2) is 5.13 Å². The molecule has 0 aliphatic carbocycles. The molecule has 29 heavy (non-hydrogen) atoms. The lowest BCUT2D eigenvalue weighted by molar-refractivity contribution is 0.0915. The highest BCUT2D eigenvalue weighted by Crippen LogP contribution is 2.36. The second-order valence-corrected chi connectivity index (χ2v) is 8.14. The summed E-state index contributed by atoms with van der Waals surface area (Å²) in [6.07, 6.45) is 1.86. The van der Waals surface area contributed by atoms with Crippen LogP contribution >= 0.6 is 22.9 Å². The minimum absolute atomic E-state index is 0.0296. The zero-order valence-electron chi connectivity index (χ0n) is 16.2. The zero-order chi connectivity index (χ0) is 20.4. The number of ether oxygens (including phenoxy) is 3. The quantitative estimate of drug-likeness (QED) is 0.560. The SMILES string of the molecule is COc1ccc(Cl)cc1C(=O)N(C[C@@H]1CCCO1)c1nc2c(OC)cccc2s1. The summed E-state index contributed by atoms with van der Waals surface area (Å²) in [6.45, 7) is 1.12. The Bertz CT molecular complexity index is 1030. The third kappa shape index (κ3) is 4.03. The van der Waals surface area contributed by atoms with E-state index in [1.54, 1.807) is 30.2 Å². The number of benzene rings is 2. The summed E-state index contributed by atoms with van der Waals surface area (Å²) in [5.41, 5.74) is 1.13. The number of thiazole rings is 1. The van der Waals surface area contributed by atoms with Crippen molar-refractivity contribution in [3.63, 3.8) is 0 Å². The molecule has 0 radical (unpaired) electrons. The molecule has 2 aromatic carbocycles. The van der Waals surface area contributed by atoms with Crippen LogP contribution in [0.2, 0.25) is 5.02 Å². The van der Waals surface area contributed by atoms with Gasteiger partial charge < -0.3 is 14.2 Å². The Hall–Kier alpha value is -2.35. The Kier molecular flexibility index (Phi) is 5.89. The zero-order valence-corrected chi connectivity index (χ0v) is 17.8. The van der Waals surface area contributed by atoms with Crippen molar-refractivity contribution < 1.29 is 19.0 Å². The minimum atomic E-state index is -0.224. The molecule has 1 amide bonds. The molecular weight excluding hydrogens is 412 g/mol. The Labute approximate surface area is 178 Å². The maximum Gasteiger partial charge on any atom is 0.263 e. The number of carbonyl (C=O) groups is 1. The van der Waals surface area contributed by atoms with E-state index >= 15 is 0 Å². The van der Waals surface area contributed by atoms with E-state index in [1.807, 2.05) is 18.2 Å². The van der Waals surface area contributed by atoms with Crippen LogP contribution in [-0.2, 0) is 4.74 Å². The molecule has 0 N–H and O–H groups in total. The first kappa shape index (κ1) is 19.9. The van der Waals surface area contributed by atoms with Gasteiger partial charge in [0.2, 0.25) is 0 Å². The standard InChI is InChI=1S/C21H21ClN2O4S/c1-26-16-9-8-13(22)11-15(16)20(25)24(12-14-5-4-10-28-14)21-23-19-17(27-2)6-3-7-18(19)29-21/h3,6-9,11,14H,4-5,10,12H2,1-2H3/t14-/m0/s1. The number of hydrogen-bond acceptors (Lipinski definition) is 6. The Balaban J connectivity index is 1.78. The molecule has 0 bridgehead atoms. The molecule has 3 aromatic rings. The molecule has 152 valence electrons. The smallest absolute Gasteiger partial charge is 0.263 e. The second-order valence-electron chi connectivity index (χ2n) is 6.70. The number of anilines is 1. The lowest BCUT2D eigenvalue weighted by Gasteiger charge is -2.24.